The number of nitrogens with zero attached hydrogens (tertiary/aromatic N) is 1. The van der Waals surface area contributed by atoms with Crippen LogP contribution in [0.5, 0.6) is 0 Å². The number of amides is 1. The third kappa shape index (κ3) is 2.15. The van der Waals surface area contributed by atoms with Crippen molar-refractivity contribution in [2.45, 2.75) is 12.2 Å². The second kappa shape index (κ2) is 4.09. The maximum atomic E-state index is 11.8. The predicted octanol–water partition coefficient (Wildman–Crippen LogP) is 0.579. The van der Waals surface area contributed by atoms with Gasteiger partial charge in [-0.25, -0.2) is 0 Å². The summed E-state index contributed by atoms with van der Waals surface area (Å²) in [6.07, 6.45) is -1.69. The first-order valence-electron chi connectivity index (χ1n) is 4.48. The number of likely N-dealkylation sites (tertiary alicyclic amines) is 1. The fraction of sp³-hybridized carbons (Fsp3) is 0.444. The summed E-state index contributed by atoms with van der Waals surface area (Å²) in [7, 11) is 0. The molecule has 1 saturated heterocycles. The smallest absolute Gasteiger partial charge is 0.264 e. The van der Waals surface area contributed by atoms with Crippen molar-refractivity contribution in [3.63, 3.8) is 0 Å². The summed E-state index contributed by atoms with van der Waals surface area (Å²) >= 11 is 6.91. The predicted molar refractivity (Wildman–Crippen MR) is 57.2 cm³/mol. The van der Waals surface area contributed by atoms with Crippen LogP contribution in [0.15, 0.2) is 12.1 Å². The number of aliphatic hydroxyl groups is 2. The van der Waals surface area contributed by atoms with Gasteiger partial charge >= 0.3 is 0 Å². The molecule has 2 N–H and O–H groups in total. The molecular formula is C9H10ClNO3S. The van der Waals surface area contributed by atoms with Crippen molar-refractivity contribution >= 4 is 28.8 Å². The number of thiophene rings is 1. The van der Waals surface area contributed by atoms with Crippen LogP contribution < -0.4 is 0 Å². The Kier molecular flexibility index (Phi) is 2.97. The van der Waals surface area contributed by atoms with Crippen molar-refractivity contribution in [3.8, 4) is 0 Å². The molecule has 2 heterocycles. The van der Waals surface area contributed by atoms with Gasteiger partial charge in [0.2, 0.25) is 0 Å². The molecule has 1 aromatic heterocycles. The molecule has 2 atom stereocenters. The molecule has 0 spiro atoms. The molecule has 1 aromatic rings. The quantitative estimate of drug-likeness (QED) is 0.763. The molecule has 0 aromatic carbocycles. The second-order valence-corrected chi connectivity index (χ2v) is 5.16. The average Bonchev–Trinajstić information content (AvgIpc) is 2.74. The second-order valence-electron chi connectivity index (χ2n) is 3.45. The molecule has 1 amide bonds. The van der Waals surface area contributed by atoms with Gasteiger partial charge in [0.1, 0.15) is 0 Å². The Morgan fingerprint density at radius 2 is 2.00 bits per heavy atom. The monoisotopic (exact) mass is 247 g/mol. The Labute approximate surface area is 95.7 Å². The zero-order valence-electron chi connectivity index (χ0n) is 7.76. The summed E-state index contributed by atoms with van der Waals surface area (Å²) in [4.78, 5) is 13.8. The Bertz CT molecular complexity index is 371. The van der Waals surface area contributed by atoms with Crippen LogP contribution in [0.4, 0.5) is 0 Å². The van der Waals surface area contributed by atoms with Crippen LogP contribution >= 0.6 is 22.9 Å². The van der Waals surface area contributed by atoms with E-state index in [2.05, 4.69) is 0 Å². The highest BCUT2D eigenvalue weighted by Crippen LogP contribution is 2.24. The number of β-amino-alcohol motifs (C(OH)–C–C–N with tert-alkyl or cyclic N) is 2. The van der Waals surface area contributed by atoms with Crippen LogP contribution in [0.3, 0.4) is 0 Å². The van der Waals surface area contributed by atoms with E-state index in [9.17, 15) is 15.0 Å². The van der Waals surface area contributed by atoms with Gasteiger partial charge in [-0.15, -0.1) is 11.3 Å². The molecule has 4 nitrogen and oxygen atoms in total. The highest BCUT2D eigenvalue weighted by molar-refractivity contribution is 7.17. The summed E-state index contributed by atoms with van der Waals surface area (Å²) in [5, 5.41) is 18.6. The summed E-state index contributed by atoms with van der Waals surface area (Å²) in [5.41, 5.74) is 0. The summed E-state index contributed by atoms with van der Waals surface area (Å²) in [6, 6.07) is 3.30. The Hall–Kier alpha value is -0.620. The minimum absolute atomic E-state index is 0.176. The van der Waals surface area contributed by atoms with E-state index < -0.39 is 12.2 Å². The van der Waals surface area contributed by atoms with E-state index >= 15 is 0 Å². The van der Waals surface area contributed by atoms with E-state index in [-0.39, 0.29) is 19.0 Å². The van der Waals surface area contributed by atoms with Crippen LogP contribution in [-0.4, -0.2) is 46.3 Å². The van der Waals surface area contributed by atoms with Gasteiger partial charge in [-0.05, 0) is 12.1 Å². The molecule has 0 saturated carbocycles. The fourth-order valence-electron chi connectivity index (χ4n) is 1.52. The molecular weight excluding hydrogens is 238 g/mol. The van der Waals surface area contributed by atoms with Crippen molar-refractivity contribution in [2.24, 2.45) is 0 Å². The third-order valence-corrected chi connectivity index (χ3v) is 3.55. The van der Waals surface area contributed by atoms with E-state index in [1.54, 1.807) is 12.1 Å². The minimum atomic E-state index is -0.843. The lowest BCUT2D eigenvalue weighted by atomic mass is 10.3. The first kappa shape index (κ1) is 10.9. The molecule has 0 aliphatic carbocycles. The maximum Gasteiger partial charge on any atom is 0.264 e. The fourth-order valence-corrected chi connectivity index (χ4v) is 2.53. The SMILES string of the molecule is O=C(c1ccc(Cl)s1)N1C[C@@H](O)[C@@H](O)C1. The number of carbonyl (C=O) groups excluding carboxylic acids is 1. The zero-order valence-corrected chi connectivity index (χ0v) is 9.33. The molecule has 0 radical (unpaired) electrons. The molecule has 1 aliphatic rings. The van der Waals surface area contributed by atoms with Crippen LogP contribution in [0.25, 0.3) is 0 Å². The van der Waals surface area contributed by atoms with E-state index in [0.717, 1.165) is 0 Å². The molecule has 0 unspecified atom stereocenters. The van der Waals surface area contributed by atoms with Gasteiger partial charge in [-0.1, -0.05) is 11.6 Å². The Morgan fingerprint density at radius 1 is 1.40 bits per heavy atom. The largest absolute Gasteiger partial charge is 0.388 e. The lowest BCUT2D eigenvalue weighted by molar-refractivity contribution is 0.0572. The van der Waals surface area contributed by atoms with Gasteiger partial charge < -0.3 is 15.1 Å². The normalized spacial score (nSPS) is 25.9. The Morgan fingerprint density at radius 3 is 2.47 bits per heavy atom. The number of halogens is 1. The van der Waals surface area contributed by atoms with E-state index in [0.29, 0.717) is 9.21 Å². The van der Waals surface area contributed by atoms with Crippen LogP contribution in [0, 0.1) is 0 Å². The number of aliphatic hydroxyl groups excluding tert-OH is 2. The maximum absolute atomic E-state index is 11.8. The lowest BCUT2D eigenvalue weighted by Gasteiger charge is -2.13. The number of rotatable bonds is 1. The summed E-state index contributed by atoms with van der Waals surface area (Å²) < 4.78 is 0.554. The van der Waals surface area contributed by atoms with Gasteiger partial charge in [0.05, 0.1) is 21.4 Å². The average molecular weight is 248 g/mol. The van der Waals surface area contributed by atoms with Crippen molar-refractivity contribution in [1.82, 2.24) is 4.90 Å². The van der Waals surface area contributed by atoms with Gasteiger partial charge in [-0.3, -0.25) is 4.79 Å². The van der Waals surface area contributed by atoms with Gasteiger partial charge in [0.25, 0.3) is 5.91 Å². The van der Waals surface area contributed by atoms with Crippen molar-refractivity contribution in [1.29, 1.82) is 0 Å². The molecule has 2 rings (SSSR count). The zero-order chi connectivity index (χ0) is 11.0. The van der Waals surface area contributed by atoms with Gasteiger partial charge in [0.15, 0.2) is 0 Å². The van der Waals surface area contributed by atoms with E-state index in [1.165, 1.54) is 16.2 Å². The first-order valence-corrected chi connectivity index (χ1v) is 5.68. The van der Waals surface area contributed by atoms with Crippen molar-refractivity contribution in [2.75, 3.05) is 13.1 Å². The standard InChI is InChI=1S/C9H10ClNO3S/c10-8-2-1-7(15-8)9(14)11-3-5(12)6(13)4-11/h1-2,5-6,12-13H,3-4H2/t5-,6+. The van der Waals surface area contributed by atoms with Crippen molar-refractivity contribution in [3.05, 3.63) is 21.3 Å². The number of hydrogen-bond acceptors (Lipinski definition) is 4. The number of hydrogen-bond donors (Lipinski definition) is 2. The van der Waals surface area contributed by atoms with Gasteiger partial charge in [-0.2, -0.15) is 0 Å². The van der Waals surface area contributed by atoms with E-state index in [1.807, 2.05) is 0 Å². The minimum Gasteiger partial charge on any atom is -0.388 e. The third-order valence-electron chi connectivity index (χ3n) is 2.33. The molecule has 1 aliphatic heterocycles. The molecule has 15 heavy (non-hydrogen) atoms. The van der Waals surface area contributed by atoms with Gasteiger partial charge in [0, 0.05) is 13.1 Å². The lowest BCUT2D eigenvalue weighted by Crippen LogP contribution is -2.29. The summed E-state index contributed by atoms with van der Waals surface area (Å²) in [5.74, 6) is -0.192. The molecule has 82 valence electrons. The van der Waals surface area contributed by atoms with Crippen LogP contribution in [0.2, 0.25) is 4.34 Å². The molecule has 1 fully saturated rings. The van der Waals surface area contributed by atoms with Crippen LogP contribution in [-0.2, 0) is 0 Å². The molecule has 0 bridgehead atoms. The Balaban J connectivity index is 2.10. The first-order chi connectivity index (χ1) is 7.08. The highest BCUT2D eigenvalue weighted by atomic mass is 35.5. The molecule has 6 heteroatoms. The van der Waals surface area contributed by atoms with Crippen LogP contribution in [0.1, 0.15) is 9.67 Å². The topological polar surface area (TPSA) is 60.8 Å². The number of carbonyl (C=O) groups is 1. The van der Waals surface area contributed by atoms with Crippen molar-refractivity contribution < 1.29 is 15.0 Å². The summed E-state index contributed by atoms with van der Waals surface area (Å²) in [6.45, 7) is 0.352. The van der Waals surface area contributed by atoms with E-state index in [4.69, 9.17) is 11.6 Å². The highest BCUT2D eigenvalue weighted by Gasteiger charge is 2.33.